The molecule has 1 saturated heterocycles. The number of carbonyl (C=O) groups excluding carboxylic acids is 1. The minimum Gasteiger partial charge on any atom is -0.378 e. The number of nitrogens with zero attached hydrogens (tertiary/aromatic N) is 2. The minimum atomic E-state index is 0.0610. The van der Waals surface area contributed by atoms with Gasteiger partial charge < -0.3 is 9.64 Å². The van der Waals surface area contributed by atoms with E-state index >= 15 is 0 Å². The first-order valence-corrected chi connectivity index (χ1v) is 10.6. The van der Waals surface area contributed by atoms with E-state index in [0.29, 0.717) is 38.8 Å². The highest BCUT2D eigenvalue weighted by Gasteiger charge is 2.24. The largest absolute Gasteiger partial charge is 0.378 e. The highest BCUT2D eigenvalue weighted by molar-refractivity contribution is 5.92. The van der Waals surface area contributed by atoms with Gasteiger partial charge in [0.05, 0.1) is 19.8 Å². The average Bonchev–Trinajstić information content (AvgIpc) is 2.79. The van der Waals surface area contributed by atoms with Gasteiger partial charge >= 0.3 is 6.03 Å². The topological polar surface area (TPSA) is 32.8 Å². The fourth-order valence-electron chi connectivity index (χ4n) is 4.32. The molecule has 2 amide bonds. The van der Waals surface area contributed by atoms with Crippen molar-refractivity contribution in [2.45, 2.75) is 44.6 Å². The Hall–Kier alpha value is -2.33. The van der Waals surface area contributed by atoms with Gasteiger partial charge in [0.2, 0.25) is 0 Å². The Morgan fingerprint density at radius 3 is 2.29 bits per heavy atom. The van der Waals surface area contributed by atoms with E-state index in [1.54, 1.807) is 0 Å². The predicted octanol–water partition coefficient (Wildman–Crippen LogP) is 5.19. The van der Waals surface area contributed by atoms with Gasteiger partial charge in [-0.1, -0.05) is 61.7 Å². The number of morpholine rings is 1. The molecule has 2 fully saturated rings. The molecule has 0 N–H and O–H groups in total. The van der Waals surface area contributed by atoms with Gasteiger partial charge in [0.25, 0.3) is 0 Å². The summed E-state index contributed by atoms with van der Waals surface area (Å²) in [6.45, 7) is 3.13. The summed E-state index contributed by atoms with van der Waals surface area (Å²) in [5, 5.41) is 0. The molecule has 0 aromatic heterocycles. The van der Waals surface area contributed by atoms with E-state index in [1.807, 2.05) is 40.1 Å². The van der Waals surface area contributed by atoms with Crippen molar-refractivity contribution < 1.29 is 9.53 Å². The summed E-state index contributed by atoms with van der Waals surface area (Å²) < 4.78 is 5.41. The van der Waals surface area contributed by atoms with Gasteiger partial charge in [-0.3, -0.25) is 4.90 Å². The fraction of sp³-hybridized carbons (Fsp3) is 0.458. The van der Waals surface area contributed by atoms with Crippen LogP contribution in [0.15, 0.2) is 54.6 Å². The number of hydrogen-bond acceptors (Lipinski definition) is 2. The van der Waals surface area contributed by atoms with Gasteiger partial charge in [-0.25, -0.2) is 4.79 Å². The van der Waals surface area contributed by atoms with Crippen LogP contribution >= 0.6 is 0 Å². The van der Waals surface area contributed by atoms with E-state index in [9.17, 15) is 4.79 Å². The molecule has 1 saturated carbocycles. The summed E-state index contributed by atoms with van der Waals surface area (Å²) in [5.41, 5.74) is 3.56. The van der Waals surface area contributed by atoms with E-state index in [-0.39, 0.29) is 6.03 Å². The molecule has 0 radical (unpaired) electrons. The maximum absolute atomic E-state index is 13.2. The Kier molecular flexibility index (Phi) is 6.27. The lowest BCUT2D eigenvalue weighted by molar-refractivity contribution is 0.0548. The van der Waals surface area contributed by atoms with Gasteiger partial charge in [0.1, 0.15) is 0 Å². The molecule has 28 heavy (non-hydrogen) atoms. The molecule has 4 rings (SSSR count). The lowest BCUT2D eigenvalue weighted by atomic mass is 9.84. The van der Waals surface area contributed by atoms with E-state index < -0.39 is 0 Å². The van der Waals surface area contributed by atoms with Crippen molar-refractivity contribution in [1.29, 1.82) is 0 Å². The van der Waals surface area contributed by atoms with Crippen molar-refractivity contribution in [3.8, 4) is 0 Å². The zero-order valence-corrected chi connectivity index (χ0v) is 16.6. The monoisotopic (exact) mass is 378 g/mol. The average molecular weight is 379 g/mol. The predicted molar refractivity (Wildman–Crippen MR) is 113 cm³/mol. The smallest absolute Gasteiger partial charge is 0.324 e. The van der Waals surface area contributed by atoms with Crippen molar-refractivity contribution in [2.24, 2.45) is 0 Å². The quantitative estimate of drug-likeness (QED) is 0.733. The van der Waals surface area contributed by atoms with Crippen LogP contribution in [0, 0.1) is 0 Å². The molecule has 2 aliphatic rings. The fourth-order valence-corrected chi connectivity index (χ4v) is 4.32. The number of ether oxygens (including phenoxy) is 1. The Bertz CT molecular complexity index is 748. The normalized spacial score (nSPS) is 18.1. The number of anilines is 1. The molecule has 0 spiro atoms. The second-order valence-electron chi connectivity index (χ2n) is 7.88. The standard InChI is InChI=1S/C24H30N2O2/c27-24(25-15-17-28-18-16-25)26(23-9-5-2-6-10-23)19-20-11-13-22(14-12-20)21-7-3-1-4-8-21/h2,5-6,9-14,21H,1,3-4,7-8,15-19H2. The zero-order valence-electron chi connectivity index (χ0n) is 16.6. The van der Waals surface area contributed by atoms with Crippen LogP contribution in [0.5, 0.6) is 0 Å². The van der Waals surface area contributed by atoms with Crippen molar-refractivity contribution in [2.75, 3.05) is 31.2 Å². The summed E-state index contributed by atoms with van der Waals surface area (Å²) in [7, 11) is 0. The third-order valence-corrected chi connectivity index (χ3v) is 5.98. The maximum atomic E-state index is 13.2. The number of amides is 2. The number of rotatable bonds is 4. The van der Waals surface area contributed by atoms with Gasteiger partial charge in [0, 0.05) is 18.8 Å². The maximum Gasteiger partial charge on any atom is 0.324 e. The number of benzene rings is 2. The van der Waals surface area contributed by atoms with Crippen LogP contribution in [0.25, 0.3) is 0 Å². The summed E-state index contributed by atoms with van der Waals surface area (Å²) in [6.07, 6.45) is 6.70. The third kappa shape index (κ3) is 4.56. The highest BCUT2D eigenvalue weighted by atomic mass is 16.5. The molecule has 0 bridgehead atoms. The summed E-state index contributed by atoms with van der Waals surface area (Å²) in [4.78, 5) is 17.0. The molecule has 4 nitrogen and oxygen atoms in total. The molecule has 1 aliphatic carbocycles. The Morgan fingerprint density at radius 1 is 0.929 bits per heavy atom. The number of urea groups is 1. The van der Waals surface area contributed by atoms with Crippen molar-refractivity contribution in [3.63, 3.8) is 0 Å². The van der Waals surface area contributed by atoms with E-state index in [1.165, 1.54) is 43.2 Å². The number of hydrogen-bond donors (Lipinski definition) is 0. The van der Waals surface area contributed by atoms with E-state index in [2.05, 4.69) is 24.3 Å². The summed E-state index contributed by atoms with van der Waals surface area (Å²) in [6, 6.07) is 19.0. The first-order chi connectivity index (χ1) is 13.8. The lowest BCUT2D eigenvalue weighted by Crippen LogP contribution is -2.48. The van der Waals surface area contributed by atoms with Crippen LogP contribution in [0.1, 0.15) is 49.1 Å². The second kappa shape index (κ2) is 9.24. The van der Waals surface area contributed by atoms with E-state index in [0.717, 1.165) is 5.69 Å². The summed E-state index contributed by atoms with van der Waals surface area (Å²) >= 11 is 0. The second-order valence-corrected chi connectivity index (χ2v) is 7.88. The van der Waals surface area contributed by atoms with Gasteiger partial charge in [0.15, 0.2) is 0 Å². The minimum absolute atomic E-state index is 0.0610. The van der Waals surface area contributed by atoms with Gasteiger partial charge in [-0.15, -0.1) is 0 Å². The van der Waals surface area contributed by atoms with Gasteiger partial charge in [-0.05, 0) is 42.0 Å². The SMILES string of the molecule is O=C(N1CCOCC1)N(Cc1ccc(C2CCCCC2)cc1)c1ccccc1. The molecule has 4 heteroatoms. The molecule has 2 aromatic rings. The van der Waals surface area contributed by atoms with Crippen LogP contribution in [0.3, 0.4) is 0 Å². The first-order valence-electron chi connectivity index (χ1n) is 10.6. The third-order valence-electron chi connectivity index (χ3n) is 5.98. The highest BCUT2D eigenvalue weighted by Crippen LogP contribution is 2.32. The Balaban J connectivity index is 1.51. The Labute approximate surface area is 168 Å². The molecule has 2 aromatic carbocycles. The molecule has 1 aliphatic heterocycles. The van der Waals surface area contributed by atoms with Crippen molar-refractivity contribution >= 4 is 11.7 Å². The molecule has 1 heterocycles. The summed E-state index contributed by atoms with van der Waals surface area (Å²) in [5.74, 6) is 0.711. The van der Waals surface area contributed by atoms with Crippen molar-refractivity contribution in [1.82, 2.24) is 4.90 Å². The molecular formula is C24H30N2O2. The van der Waals surface area contributed by atoms with Crippen LogP contribution in [0.2, 0.25) is 0 Å². The number of para-hydroxylation sites is 1. The zero-order chi connectivity index (χ0) is 19.2. The van der Waals surface area contributed by atoms with E-state index in [4.69, 9.17) is 4.74 Å². The van der Waals surface area contributed by atoms with Gasteiger partial charge in [-0.2, -0.15) is 0 Å². The number of carbonyl (C=O) groups is 1. The Morgan fingerprint density at radius 2 is 1.61 bits per heavy atom. The van der Waals surface area contributed by atoms with Crippen molar-refractivity contribution in [3.05, 3.63) is 65.7 Å². The molecule has 148 valence electrons. The molecular weight excluding hydrogens is 348 g/mol. The van der Waals surface area contributed by atoms with Crippen LogP contribution in [-0.4, -0.2) is 37.2 Å². The molecule has 0 unspecified atom stereocenters. The first kappa shape index (κ1) is 19.0. The van der Waals surface area contributed by atoms with Crippen LogP contribution in [-0.2, 0) is 11.3 Å². The van der Waals surface area contributed by atoms with Crippen LogP contribution in [0.4, 0.5) is 10.5 Å². The van der Waals surface area contributed by atoms with Crippen LogP contribution < -0.4 is 4.90 Å². The lowest BCUT2D eigenvalue weighted by Gasteiger charge is -2.33. The molecule has 0 atom stereocenters.